The minimum atomic E-state index is -0.654. The molecule has 7 heteroatoms. The van der Waals surface area contributed by atoms with Crippen molar-refractivity contribution in [3.8, 4) is 6.07 Å². The van der Waals surface area contributed by atoms with Crippen LogP contribution in [0.3, 0.4) is 0 Å². The van der Waals surface area contributed by atoms with Gasteiger partial charge >= 0.3 is 5.97 Å². The summed E-state index contributed by atoms with van der Waals surface area (Å²) >= 11 is 0. The Morgan fingerprint density at radius 2 is 1.71 bits per heavy atom. The molecule has 4 rings (SSSR count). The number of likely N-dealkylation sites (tertiary alicyclic amines) is 1. The number of para-hydroxylation sites is 1. The maximum atomic E-state index is 11.2. The molecule has 0 aliphatic carbocycles. The number of carboxylic acid groups (broad SMARTS) is 2. The third-order valence-electron chi connectivity index (χ3n) is 7.06. The molecule has 0 spiro atoms. The maximum absolute atomic E-state index is 11.2. The van der Waals surface area contributed by atoms with Gasteiger partial charge < -0.3 is 15.1 Å². The predicted octanol–water partition coefficient (Wildman–Crippen LogP) is 4.08. The van der Waals surface area contributed by atoms with Crippen LogP contribution in [-0.4, -0.2) is 53.7 Å². The van der Waals surface area contributed by atoms with E-state index in [2.05, 4.69) is 54.8 Å². The van der Waals surface area contributed by atoms with E-state index in [9.17, 15) is 15.2 Å². The quantitative estimate of drug-likeness (QED) is 0.644. The molecule has 0 saturated carbocycles. The highest BCUT2D eigenvalue weighted by atomic mass is 16.4. The molecule has 0 radical (unpaired) electrons. The first-order valence-corrected chi connectivity index (χ1v) is 11.7. The van der Waals surface area contributed by atoms with Gasteiger partial charge in [0, 0.05) is 25.6 Å². The second-order valence-corrected chi connectivity index (χ2v) is 9.31. The third kappa shape index (κ3) is 5.57. The molecule has 2 aromatic carbocycles. The molecule has 2 fully saturated rings. The molecule has 2 aliphatic rings. The lowest BCUT2D eigenvalue weighted by Crippen LogP contribution is -2.45. The highest BCUT2D eigenvalue weighted by Gasteiger charge is 2.31. The van der Waals surface area contributed by atoms with E-state index in [1.54, 1.807) is 0 Å². The lowest BCUT2D eigenvalue weighted by Gasteiger charge is -2.43. The van der Waals surface area contributed by atoms with E-state index in [0.717, 1.165) is 62.4 Å². The Bertz CT molecular complexity index is 1050. The maximum Gasteiger partial charge on any atom is 0.306 e. The number of aliphatic carboxylic acids is 1. The minimum Gasteiger partial charge on any atom is -0.483 e. The number of nitrogens with zero attached hydrogens (tertiary/aromatic N) is 3. The monoisotopic (exact) mass is 463 g/mol. The standard InChI is InChI=1S/C26H31N3O2.CH2O2/c1-17-5-4-6-21(13-27)25(17)29-14-23(15-29)22-11-18(2)24(19(3)12-22)16-28-9-7-20(8-10-28)26(30)31;2-1-3/h4-6,11-12,20,23H,7-10,14-16H2,1-3H3,(H,30,31);1H,(H,2,3). The second kappa shape index (κ2) is 11.2. The fourth-order valence-electron chi connectivity index (χ4n) is 5.11. The summed E-state index contributed by atoms with van der Waals surface area (Å²) in [6.45, 7) is 10.7. The van der Waals surface area contributed by atoms with Crippen LogP contribution in [0.5, 0.6) is 0 Å². The van der Waals surface area contributed by atoms with Gasteiger partial charge in [0.15, 0.2) is 0 Å². The molecule has 0 aromatic heterocycles. The van der Waals surface area contributed by atoms with Crippen molar-refractivity contribution >= 4 is 18.1 Å². The Balaban J connectivity index is 0.00000103. The van der Waals surface area contributed by atoms with E-state index in [-0.39, 0.29) is 12.4 Å². The van der Waals surface area contributed by atoms with Gasteiger partial charge in [-0.05, 0) is 80.6 Å². The number of piperidine rings is 1. The summed E-state index contributed by atoms with van der Waals surface area (Å²) in [7, 11) is 0. The molecule has 0 bridgehead atoms. The first-order chi connectivity index (χ1) is 16.3. The molecule has 2 aromatic rings. The molecular formula is C27H33N3O4. The molecule has 34 heavy (non-hydrogen) atoms. The Labute approximate surface area is 201 Å². The summed E-state index contributed by atoms with van der Waals surface area (Å²) in [5.41, 5.74) is 8.40. The lowest BCUT2D eigenvalue weighted by atomic mass is 9.86. The van der Waals surface area contributed by atoms with Crippen molar-refractivity contribution in [1.29, 1.82) is 5.26 Å². The normalized spacial score (nSPS) is 16.7. The molecule has 2 N–H and O–H groups in total. The van der Waals surface area contributed by atoms with Gasteiger partial charge in [-0.1, -0.05) is 24.3 Å². The first-order valence-electron chi connectivity index (χ1n) is 11.7. The van der Waals surface area contributed by atoms with Crippen LogP contribution in [0.15, 0.2) is 30.3 Å². The Morgan fingerprint density at radius 1 is 1.12 bits per heavy atom. The predicted molar refractivity (Wildman–Crippen MR) is 131 cm³/mol. The number of anilines is 1. The first kappa shape index (κ1) is 25.3. The number of carbonyl (C=O) groups is 2. The summed E-state index contributed by atoms with van der Waals surface area (Å²) in [4.78, 5) is 24.3. The SMILES string of the molecule is Cc1cc(C2CN(c3c(C)cccc3C#N)C2)cc(C)c1CN1CCC(C(=O)O)CC1.O=CO. The van der Waals surface area contributed by atoms with Crippen LogP contribution in [-0.2, 0) is 16.1 Å². The molecule has 7 nitrogen and oxygen atoms in total. The molecule has 0 amide bonds. The number of benzene rings is 2. The topological polar surface area (TPSA) is 105 Å². The van der Waals surface area contributed by atoms with Crippen LogP contribution in [0.1, 0.15) is 52.1 Å². The molecular weight excluding hydrogens is 430 g/mol. The van der Waals surface area contributed by atoms with Gasteiger partial charge in [-0.2, -0.15) is 5.26 Å². The molecule has 2 heterocycles. The summed E-state index contributed by atoms with van der Waals surface area (Å²) in [6, 6.07) is 12.9. The van der Waals surface area contributed by atoms with Crippen LogP contribution in [0, 0.1) is 38.0 Å². The lowest BCUT2D eigenvalue weighted by molar-refractivity contribution is -0.143. The molecule has 180 valence electrons. The molecule has 0 atom stereocenters. The number of hydrogen-bond donors (Lipinski definition) is 2. The average Bonchev–Trinajstić information content (AvgIpc) is 2.77. The van der Waals surface area contributed by atoms with Crippen molar-refractivity contribution in [3.05, 3.63) is 63.7 Å². The van der Waals surface area contributed by atoms with Crippen LogP contribution < -0.4 is 4.90 Å². The zero-order valence-corrected chi connectivity index (χ0v) is 20.1. The van der Waals surface area contributed by atoms with Crippen LogP contribution in [0.4, 0.5) is 5.69 Å². The molecule has 2 aliphatic heterocycles. The highest BCUT2D eigenvalue weighted by molar-refractivity contribution is 5.70. The zero-order chi connectivity index (χ0) is 24.8. The Hall–Kier alpha value is -3.37. The van der Waals surface area contributed by atoms with Crippen molar-refractivity contribution in [2.75, 3.05) is 31.1 Å². The van der Waals surface area contributed by atoms with E-state index >= 15 is 0 Å². The van der Waals surface area contributed by atoms with Crippen LogP contribution in [0.25, 0.3) is 0 Å². The summed E-state index contributed by atoms with van der Waals surface area (Å²) < 4.78 is 0. The van der Waals surface area contributed by atoms with Gasteiger partial charge in [-0.3, -0.25) is 14.5 Å². The number of aryl methyl sites for hydroxylation is 3. The summed E-state index contributed by atoms with van der Waals surface area (Å²) in [5.74, 6) is -0.348. The van der Waals surface area contributed by atoms with Crippen molar-refractivity contribution in [3.63, 3.8) is 0 Å². The fraction of sp³-hybridized carbons (Fsp3) is 0.444. The number of carboxylic acids is 1. The van der Waals surface area contributed by atoms with E-state index < -0.39 is 5.97 Å². The highest BCUT2D eigenvalue weighted by Crippen LogP contribution is 2.36. The van der Waals surface area contributed by atoms with E-state index in [1.807, 2.05) is 12.1 Å². The van der Waals surface area contributed by atoms with Crippen LogP contribution >= 0.6 is 0 Å². The van der Waals surface area contributed by atoms with E-state index in [0.29, 0.717) is 5.92 Å². The fourth-order valence-corrected chi connectivity index (χ4v) is 5.11. The smallest absolute Gasteiger partial charge is 0.306 e. The zero-order valence-electron chi connectivity index (χ0n) is 20.1. The van der Waals surface area contributed by atoms with Gasteiger partial charge in [0.25, 0.3) is 6.47 Å². The third-order valence-corrected chi connectivity index (χ3v) is 7.06. The van der Waals surface area contributed by atoms with Gasteiger partial charge in [0.05, 0.1) is 17.2 Å². The Kier molecular flexibility index (Phi) is 8.30. The van der Waals surface area contributed by atoms with Gasteiger partial charge in [-0.25, -0.2) is 0 Å². The van der Waals surface area contributed by atoms with Crippen molar-refractivity contribution in [2.24, 2.45) is 5.92 Å². The number of rotatable bonds is 5. The molecule has 0 unspecified atom stereocenters. The van der Waals surface area contributed by atoms with E-state index in [1.165, 1.54) is 22.3 Å². The van der Waals surface area contributed by atoms with Gasteiger partial charge in [-0.15, -0.1) is 0 Å². The van der Waals surface area contributed by atoms with Gasteiger partial charge in [0.2, 0.25) is 0 Å². The summed E-state index contributed by atoms with van der Waals surface area (Å²) in [5, 5.41) is 25.6. The largest absolute Gasteiger partial charge is 0.483 e. The minimum absolute atomic E-state index is 0.183. The van der Waals surface area contributed by atoms with Crippen LogP contribution in [0.2, 0.25) is 0 Å². The number of nitriles is 1. The van der Waals surface area contributed by atoms with E-state index in [4.69, 9.17) is 9.90 Å². The van der Waals surface area contributed by atoms with Crippen molar-refractivity contribution in [1.82, 2.24) is 4.90 Å². The van der Waals surface area contributed by atoms with Crippen molar-refractivity contribution < 1.29 is 19.8 Å². The molecule has 2 saturated heterocycles. The second-order valence-electron chi connectivity index (χ2n) is 9.31. The van der Waals surface area contributed by atoms with Crippen molar-refractivity contribution in [2.45, 2.75) is 46.1 Å². The Morgan fingerprint density at radius 3 is 2.24 bits per heavy atom. The average molecular weight is 464 g/mol. The summed E-state index contributed by atoms with van der Waals surface area (Å²) in [6.07, 6.45) is 1.49. The van der Waals surface area contributed by atoms with Gasteiger partial charge in [0.1, 0.15) is 6.07 Å². The number of hydrogen-bond acceptors (Lipinski definition) is 5.